The Labute approximate surface area is 111 Å². The number of rotatable bonds is 3. The van der Waals surface area contributed by atoms with Crippen LogP contribution in [0.15, 0.2) is 22.7 Å². The van der Waals surface area contributed by atoms with E-state index in [2.05, 4.69) is 32.2 Å². The Morgan fingerprint density at radius 2 is 2.12 bits per heavy atom. The first-order valence-corrected chi connectivity index (χ1v) is 6.83. The van der Waals surface area contributed by atoms with Gasteiger partial charge in [0.15, 0.2) is 0 Å². The average molecular weight is 299 g/mol. The number of hydrogen-bond acceptors (Lipinski definition) is 3. The van der Waals surface area contributed by atoms with Gasteiger partial charge in [0.25, 0.3) is 0 Å². The normalized spacial score (nSPS) is 19.2. The van der Waals surface area contributed by atoms with Crippen molar-refractivity contribution in [3.63, 3.8) is 0 Å². The van der Waals surface area contributed by atoms with Crippen LogP contribution >= 0.6 is 15.9 Å². The Balaban J connectivity index is 2.02. The lowest BCUT2D eigenvalue weighted by Crippen LogP contribution is -2.45. The zero-order valence-electron chi connectivity index (χ0n) is 10.1. The summed E-state index contributed by atoms with van der Waals surface area (Å²) in [7, 11) is 0. The van der Waals surface area contributed by atoms with E-state index in [1.54, 1.807) is 0 Å². The van der Waals surface area contributed by atoms with E-state index in [-0.39, 0.29) is 0 Å². The number of hydrogen-bond donors (Lipinski definition) is 2. The zero-order chi connectivity index (χ0) is 12.3. The molecule has 94 valence electrons. The molecule has 1 heterocycles. The van der Waals surface area contributed by atoms with Gasteiger partial charge in [-0.3, -0.25) is 4.90 Å². The van der Waals surface area contributed by atoms with E-state index in [1.165, 1.54) is 5.56 Å². The van der Waals surface area contributed by atoms with Crippen LogP contribution in [0, 0.1) is 6.92 Å². The largest absolute Gasteiger partial charge is 0.387 e. The van der Waals surface area contributed by atoms with Crippen molar-refractivity contribution in [1.82, 2.24) is 10.2 Å². The van der Waals surface area contributed by atoms with Crippen molar-refractivity contribution in [2.75, 3.05) is 32.7 Å². The lowest BCUT2D eigenvalue weighted by Gasteiger charge is -2.29. The molecule has 0 radical (unpaired) electrons. The minimum Gasteiger partial charge on any atom is -0.387 e. The highest BCUT2D eigenvalue weighted by Gasteiger charge is 2.17. The molecule has 0 aliphatic carbocycles. The van der Waals surface area contributed by atoms with Crippen molar-refractivity contribution < 1.29 is 5.11 Å². The third-order valence-corrected chi connectivity index (χ3v) is 3.87. The molecule has 2 N–H and O–H groups in total. The molecule has 2 rings (SSSR count). The van der Waals surface area contributed by atoms with Gasteiger partial charge in [0.05, 0.1) is 6.10 Å². The minimum absolute atomic E-state index is 0.414. The Bertz CT molecular complexity index is 378. The van der Waals surface area contributed by atoms with Crippen molar-refractivity contribution in [3.8, 4) is 0 Å². The summed E-state index contributed by atoms with van der Waals surface area (Å²) >= 11 is 3.50. The summed E-state index contributed by atoms with van der Waals surface area (Å²) in [4.78, 5) is 2.30. The van der Waals surface area contributed by atoms with Gasteiger partial charge in [0, 0.05) is 37.2 Å². The maximum absolute atomic E-state index is 10.3. The van der Waals surface area contributed by atoms with Crippen molar-refractivity contribution >= 4 is 15.9 Å². The SMILES string of the molecule is Cc1ccc(Br)c(C(O)CN2CCNCC2)c1. The van der Waals surface area contributed by atoms with Crippen LogP contribution in [0.5, 0.6) is 0 Å². The van der Waals surface area contributed by atoms with Crippen LogP contribution in [-0.4, -0.2) is 42.7 Å². The zero-order valence-corrected chi connectivity index (χ0v) is 11.7. The first kappa shape index (κ1) is 13.0. The molecule has 1 aromatic carbocycles. The average Bonchev–Trinajstić information content (AvgIpc) is 2.33. The van der Waals surface area contributed by atoms with E-state index in [0.717, 1.165) is 36.2 Å². The molecule has 1 fully saturated rings. The van der Waals surface area contributed by atoms with Gasteiger partial charge in [-0.25, -0.2) is 0 Å². The first-order valence-electron chi connectivity index (χ1n) is 6.04. The predicted molar refractivity (Wildman–Crippen MR) is 73.1 cm³/mol. The van der Waals surface area contributed by atoms with E-state index in [1.807, 2.05) is 19.1 Å². The number of aryl methyl sites for hydroxylation is 1. The van der Waals surface area contributed by atoms with E-state index >= 15 is 0 Å². The van der Waals surface area contributed by atoms with Crippen LogP contribution in [0.1, 0.15) is 17.2 Å². The molecule has 0 saturated carbocycles. The Morgan fingerprint density at radius 1 is 1.41 bits per heavy atom. The molecule has 0 bridgehead atoms. The van der Waals surface area contributed by atoms with Crippen molar-refractivity contribution in [2.24, 2.45) is 0 Å². The minimum atomic E-state index is -0.414. The number of aliphatic hydroxyl groups excluding tert-OH is 1. The van der Waals surface area contributed by atoms with Gasteiger partial charge >= 0.3 is 0 Å². The lowest BCUT2D eigenvalue weighted by molar-refractivity contribution is 0.105. The Morgan fingerprint density at radius 3 is 2.82 bits per heavy atom. The van der Waals surface area contributed by atoms with Gasteiger partial charge in [-0.15, -0.1) is 0 Å². The number of β-amino-alcohol motifs (C(OH)–C–C–N with tert-alkyl or cyclic N) is 1. The highest BCUT2D eigenvalue weighted by molar-refractivity contribution is 9.10. The molecule has 0 spiro atoms. The number of piperazine rings is 1. The van der Waals surface area contributed by atoms with Crippen LogP contribution in [0.3, 0.4) is 0 Å². The van der Waals surface area contributed by atoms with Crippen molar-refractivity contribution in [1.29, 1.82) is 0 Å². The maximum atomic E-state index is 10.3. The molecular weight excluding hydrogens is 280 g/mol. The Hall–Kier alpha value is -0.420. The summed E-state index contributed by atoms with van der Waals surface area (Å²) in [5, 5.41) is 13.6. The van der Waals surface area contributed by atoms with Crippen molar-refractivity contribution in [2.45, 2.75) is 13.0 Å². The molecule has 0 amide bonds. The molecule has 1 saturated heterocycles. The summed E-state index contributed by atoms with van der Waals surface area (Å²) < 4.78 is 0.991. The molecule has 1 unspecified atom stereocenters. The van der Waals surface area contributed by atoms with Crippen LogP contribution in [0.25, 0.3) is 0 Å². The highest BCUT2D eigenvalue weighted by atomic mass is 79.9. The maximum Gasteiger partial charge on any atom is 0.0927 e. The number of benzene rings is 1. The molecule has 0 aromatic heterocycles. The van der Waals surface area contributed by atoms with Crippen LogP contribution in [-0.2, 0) is 0 Å². The quantitative estimate of drug-likeness (QED) is 0.892. The van der Waals surface area contributed by atoms with Gasteiger partial charge in [0.2, 0.25) is 0 Å². The molecule has 4 heteroatoms. The second-order valence-electron chi connectivity index (χ2n) is 4.59. The number of aliphatic hydroxyl groups is 1. The molecular formula is C13H19BrN2O. The fourth-order valence-electron chi connectivity index (χ4n) is 2.16. The Kier molecular flexibility index (Phi) is 4.56. The monoisotopic (exact) mass is 298 g/mol. The van der Waals surface area contributed by atoms with Crippen LogP contribution in [0.2, 0.25) is 0 Å². The van der Waals surface area contributed by atoms with Gasteiger partial charge in [-0.2, -0.15) is 0 Å². The van der Waals surface area contributed by atoms with E-state index in [0.29, 0.717) is 6.54 Å². The van der Waals surface area contributed by atoms with E-state index < -0.39 is 6.10 Å². The van der Waals surface area contributed by atoms with Crippen LogP contribution in [0.4, 0.5) is 0 Å². The van der Waals surface area contributed by atoms with Crippen molar-refractivity contribution in [3.05, 3.63) is 33.8 Å². The van der Waals surface area contributed by atoms with Gasteiger partial charge in [0.1, 0.15) is 0 Å². The molecule has 1 aromatic rings. The second kappa shape index (κ2) is 5.96. The molecule has 17 heavy (non-hydrogen) atoms. The predicted octanol–water partition coefficient (Wildman–Crippen LogP) is 1.70. The lowest BCUT2D eigenvalue weighted by atomic mass is 10.1. The third kappa shape index (κ3) is 3.52. The van der Waals surface area contributed by atoms with Gasteiger partial charge in [-0.1, -0.05) is 33.6 Å². The van der Waals surface area contributed by atoms with Gasteiger partial charge < -0.3 is 10.4 Å². The number of nitrogens with one attached hydrogen (secondary N) is 1. The summed E-state index contributed by atoms with van der Waals surface area (Å²) in [5.74, 6) is 0. The summed E-state index contributed by atoms with van der Waals surface area (Å²) in [5.41, 5.74) is 2.17. The second-order valence-corrected chi connectivity index (χ2v) is 5.45. The fourth-order valence-corrected chi connectivity index (χ4v) is 2.67. The number of halogens is 1. The summed E-state index contributed by atoms with van der Waals surface area (Å²) in [6.07, 6.45) is -0.414. The smallest absolute Gasteiger partial charge is 0.0927 e. The van der Waals surface area contributed by atoms with E-state index in [9.17, 15) is 5.11 Å². The number of nitrogens with zero attached hydrogens (tertiary/aromatic N) is 1. The summed E-state index contributed by atoms with van der Waals surface area (Å²) in [6, 6.07) is 6.10. The van der Waals surface area contributed by atoms with Crippen LogP contribution < -0.4 is 5.32 Å². The highest BCUT2D eigenvalue weighted by Crippen LogP contribution is 2.25. The molecule has 1 aliphatic rings. The molecule has 1 aliphatic heterocycles. The topological polar surface area (TPSA) is 35.5 Å². The molecule has 1 atom stereocenters. The van der Waals surface area contributed by atoms with E-state index in [4.69, 9.17) is 0 Å². The third-order valence-electron chi connectivity index (χ3n) is 3.15. The first-order chi connectivity index (χ1) is 8.16. The molecule has 3 nitrogen and oxygen atoms in total. The standard InChI is InChI=1S/C13H19BrN2O/c1-10-2-3-12(14)11(8-10)13(17)9-16-6-4-15-5-7-16/h2-3,8,13,15,17H,4-7,9H2,1H3. The fraction of sp³-hybridized carbons (Fsp3) is 0.538. The van der Waals surface area contributed by atoms with Gasteiger partial charge in [-0.05, 0) is 18.6 Å². The summed E-state index contributed by atoms with van der Waals surface area (Å²) in [6.45, 7) is 6.82.